The van der Waals surface area contributed by atoms with Gasteiger partial charge in [-0.25, -0.2) is 4.98 Å². The number of imidazole rings is 1. The molecule has 0 radical (unpaired) electrons. The van der Waals surface area contributed by atoms with Crippen LogP contribution in [0.3, 0.4) is 0 Å². The number of aryl methyl sites for hydroxylation is 1. The lowest BCUT2D eigenvalue weighted by atomic mass is 9.74. The van der Waals surface area contributed by atoms with Crippen LogP contribution in [-0.2, 0) is 16.0 Å². The Balaban J connectivity index is 1.81. The highest BCUT2D eigenvalue weighted by Crippen LogP contribution is 2.44. The van der Waals surface area contributed by atoms with Crippen molar-refractivity contribution in [3.63, 3.8) is 0 Å². The number of fused-ring (bicyclic) bond motifs is 2. The minimum absolute atomic E-state index is 0.0637. The number of nitrogens with zero attached hydrogens (tertiary/aromatic N) is 2. The van der Waals surface area contributed by atoms with Gasteiger partial charge >= 0.3 is 0 Å². The summed E-state index contributed by atoms with van der Waals surface area (Å²) >= 11 is 5.91. The number of rotatable bonds is 3. The van der Waals surface area contributed by atoms with Crippen molar-refractivity contribution < 1.29 is 9.59 Å². The predicted octanol–water partition coefficient (Wildman–Crippen LogP) is 3.74. The van der Waals surface area contributed by atoms with Crippen LogP contribution in [0.15, 0.2) is 30.7 Å². The Hall–Kier alpha value is -1.94. The van der Waals surface area contributed by atoms with Crippen LogP contribution in [0.4, 0.5) is 0 Å². The minimum atomic E-state index is -0.592. The average Bonchev–Trinajstić information content (AvgIpc) is 3.21. The van der Waals surface area contributed by atoms with Gasteiger partial charge in [0.1, 0.15) is 17.4 Å². The van der Waals surface area contributed by atoms with E-state index in [0.29, 0.717) is 5.15 Å². The molecule has 0 spiro atoms. The first kappa shape index (κ1) is 15.6. The van der Waals surface area contributed by atoms with Crippen molar-refractivity contribution in [3.05, 3.63) is 47.0 Å². The van der Waals surface area contributed by atoms with Crippen LogP contribution < -0.4 is 0 Å². The molecule has 2 aromatic rings. The highest BCUT2D eigenvalue weighted by atomic mass is 35.5. The fourth-order valence-electron chi connectivity index (χ4n) is 4.19. The SMILES string of the molecule is CCc1ccc(-n2cnc(Cl)c2)cc1C1C(=O)[C@@H]2CC[C@@H](C2)C1=O. The van der Waals surface area contributed by atoms with E-state index < -0.39 is 5.92 Å². The molecule has 1 unspecified atom stereocenters. The van der Waals surface area contributed by atoms with Gasteiger partial charge in [0.05, 0.1) is 0 Å². The Bertz CT molecular complexity index is 805. The Morgan fingerprint density at radius 1 is 1.21 bits per heavy atom. The highest BCUT2D eigenvalue weighted by molar-refractivity contribution is 6.29. The van der Waals surface area contributed by atoms with Gasteiger partial charge in [-0.05, 0) is 48.9 Å². The summed E-state index contributed by atoms with van der Waals surface area (Å²) in [5.41, 5.74) is 2.81. The van der Waals surface area contributed by atoms with Crippen LogP contribution in [0.2, 0.25) is 5.15 Å². The first-order valence-electron chi connectivity index (χ1n) is 8.48. The number of carbonyl (C=O) groups is 2. The van der Waals surface area contributed by atoms with Crippen molar-refractivity contribution >= 4 is 23.2 Å². The number of hydrogen-bond donors (Lipinski definition) is 0. The van der Waals surface area contributed by atoms with Crippen molar-refractivity contribution in [2.45, 2.75) is 38.5 Å². The standard InChI is InChI=1S/C19H19ClN2O2/c1-2-11-5-6-14(22-9-16(20)21-10-22)8-15(11)17-18(23)12-3-4-13(7-12)19(17)24/h5-6,8-10,12-13,17H,2-4,7H2,1H3/t12-,13+,17?. The van der Waals surface area contributed by atoms with E-state index in [9.17, 15) is 9.59 Å². The molecular formula is C19H19ClN2O2. The van der Waals surface area contributed by atoms with Crippen LogP contribution >= 0.6 is 11.6 Å². The molecule has 1 aromatic carbocycles. The fourth-order valence-corrected chi connectivity index (χ4v) is 4.34. The zero-order chi connectivity index (χ0) is 16.8. The van der Waals surface area contributed by atoms with Crippen molar-refractivity contribution in [3.8, 4) is 5.69 Å². The van der Waals surface area contributed by atoms with E-state index in [1.54, 1.807) is 12.5 Å². The van der Waals surface area contributed by atoms with Gasteiger partial charge in [-0.15, -0.1) is 0 Å². The summed E-state index contributed by atoms with van der Waals surface area (Å²) in [6.07, 6.45) is 6.65. The molecule has 0 amide bonds. The normalized spacial score (nSPS) is 26.2. The predicted molar refractivity (Wildman–Crippen MR) is 91.5 cm³/mol. The lowest BCUT2D eigenvalue weighted by Gasteiger charge is -2.27. The summed E-state index contributed by atoms with van der Waals surface area (Å²) in [5.74, 6) is -0.235. The van der Waals surface area contributed by atoms with E-state index in [4.69, 9.17) is 11.6 Å². The Morgan fingerprint density at radius 3 is 2.50 bits per heavy atom. The molecule has 2 aliphatic rings. The van der Waals surface area contributed by atoms with Crippen molar-refractivity contribution in [1.29, 1.82) is 0 Å². The molecule has 24 heavy (non-hydrogen) atoms. The summed E-state index contributed by atoms with van der Waals surface area (Å²) in [6, 6.07) is 5.95. The van der Waals surface area contributed by atoms with Gasteiger partial charge in [0.25, 0.3) is 0 Å². The van der Waals surface area contributed by atoms with Gasteiger partial charge in [-0.1, -0.05) is 24.6 Å². The summed E-state index contributed by atoms with van der Waals surface area (Å²) in [4.78, 5) is 29.7. The number of hydrogen-bond acceptors (Lipinski definition) is 3. The number of benzene rings is 1. The highest BCUT2D eigenvalue weighted by Gasteiger charge is 2.47. The molecule has 2 bridgehead atoms. The molecule has 4 nitrogen and oxygen atoms in total. The number of aromatic nitrogens is 2. The second-order valence-electron chi connectivity index (χ2n) is 6.78. The van der Waals surface area contributed by atoms with Gasteiger partial charge < -0.3 is 4.57 Å². The maximum absolute atomic E-state index is 12.9. The molecular weight excluding hydrogens is 324 g/mol. The summed E-state index contributed by atoms with van der Waals surface area (Å²) in [7, 11) is 0. The second-order valence-corrected chi connectivity index (χ2v) is 7.17. The Morgan fingerprint density at radius 2 is 1.92 bits per heavy atom. The fraction of sp³-hybridized carbons (Fsp3) is 0.421. The van der Waals surface area contributed by atoms with Crippen molar-refractivity contribution in [2.24, 2.45) is 11.8 Å². The van der Waals surface area contributed by atoms with Crippen LogP contribution in [0.5, 0.6) is 0 Å². The Labute approximate surface area is 145 Å². The second kappa shape index (κ2) is 5.85. The molecule has 2 aliphatic carbocycles. The molecule has 4 rings (SSSR count). The van der Waals surface area contributed by atoms with E-state index in [0.717, 1.165) is 42.5 Å². The van der Waals surface area contributed by atoms with Crippen LogP contribution in [0.25, 0.3) is 5.69 Å². The smallest absolute Gasteiger partial charge is 0.150 e. The molecule has 0 aliphatic heterocycles. The number of halogens is 1. The van der Waals surface area contributed by atoms with Crippen LogP contribution in [-0.4, -0.2) is 21.1 Å². The zero-order valence-electron chi connectivity index (χ0n) is 13.5. The molecule has 0 saturated heterocycles. The zero-order valence-corrected chi connectivity index (χ0v) is 14.3. The molecule has 1 heterocycles. The maximum atomic E-state index is 12.9. The quantitative estimate of drug-likeness (QED) is 0.798. The van der Waals surface area contributed by atoms with Gasteiger partial charge in [0.15, 0.2) is 11.6 Å². The monoisotopic (exact) mass is 342 g/mol. The van der Waals surface area contributed by atoms with Gasteiger partial charge in [0, 0.05) is 23.7 Å². The average molecular weight is 343 g/mol. The Kier molecular flexibility index (Phi) is 3.80. The first-order chi connectivity index (χ1) is 11.6. The number of ketones is 2. The summed E-state index contributed by atoms with van der Waals surface area (Å²) in [5, 5.41) is 0.416. The largest absolute Gasteiger partial charge is 0.305 e. The lowest BCUT2D eigenvalue weighted by molar-refractivity contribution is -0.135. The van der Waals surface area contributed by atoms with E-state index in [2.05, 4.69) is 11.9 Å². The third-order valence-corrected chi connectivity index (χ3v) is 5.67. The van der Waals surface area contributed by atoms with Gasteiger partial charge in [-0.3, -0.25) is 9.59 Å². The third kappa shape index (κ3) is 2.40. The van der Waals surface area contributed by atoms with E-state index in [1.807, 2.05) is 22.8 Å². The van der Waals surface area contributed by atoms with E-state index in [-0.39, 0.29) is 23.4 Å². The van der Waals surface area contributed by atoms with E-state index in [1.165, 1.54) is 0 Å². The first-order valence-corrected chi connectivity index (χ1v) is 8.86. The molecule has 1 aromatic heterocycles. The number of Topliss-reactive ketones (excluding diaryl/α,β-unsaturated/α-hetero) is 2. The molecule has 5 heteroatoms. The molecule has 2 fully saturated rings. The van der Waals surface area contributed by atoms with E-state index >= 15 is 0 Å². The number of carbonyl (C=O) groups excluding carboxylic acids is 2. The lowest BCUT2D eigenvalue weighted by Crippen LogP contribution is -2.35. The maximum Gasteiger partial charge on any atom is 0.150 e. The molecule has 3 atom stereocenters. The van der Waals surface area contributed by atoms with Crippen LogP contribution in [0.1, 0.15) is 43.2 Å². The van der Waals surface area contributed by atoms with Crippen LogP contribution in [0, 0.1) is 11.8 Å². The summed E-state index contributed by atoms with van der Waals surface area (Å²) in [6.45, 7) is 2.05. The van der Waals surface area contributed by atoms with Gasteiger partial charge in [0.2, 0.25) is 0 Å². The summed E-state index contributed by atoms with van der Waals surface area (Å²) < 4.78 is 1.82. The third-order valence-electron chi connectivity index (χ3n) is 5.48. The van der Waals surface area contributed by atoms with Gasteiger partial charge in [-0.2, -0.15) is 0 Å². The minimum Gasteiger partial charge on any atom is -0.305 e. The molecule has 124 valence electrons. The van der Waals surface area contributed by atoms with Crippen molar-refractivity contribution in [1.82, 2.24) is 9.55 Å². The van der Waals surface area contributed by atoms with Crippen molar-refractivity contribution in [2.75, 3.05) is 0 Å². The topological polar surface area (TPSA) is 52.0 Å². The molecule has 2 saturated carbocycles. The molecule has 0 N–H and O–H groups in total.